The Kier molecular flexibility index (Phi) is 11.8. The van der Waals surface area contributed by atoms with E-state index in [1.54, 1.807) is 0 Å². The van der Waals surface area contributed by atoms with Gasteiger partial charge in [0.25, 0.3) is 0 Å². The zero-order chi connectivity index (χ0) is 21.0. The van der Waals surface area contributed by atoms with Crippen LogP contribution in [0.4, 0.5) is 0 Å². The first-order chi connectivity index (χ1) is 12.6. The molecule has 11 nitrogen and oxygen atoms in total. The molecule has 0 heterocycles. The van der Waals surface area contributed by atoms with Gasteiger partial charge in [-0.25, -0.2) is 0 Å². The summed E-state index contributed by atoms with van der Waals surface area (Å²) < 4.78 is 0. The lowest BCUT2D eigenvalue weighted by Crippen LogP contribution is -2.55. The van der Waals surface area contributed by atoms with E-state index in [9.17, 15) is 24.0 Å². The summed E-state index contributed by atoms with van der Waals surface area (Å²) in [7, 11) is 0. The topological polar surface area (TPSA) is 188 Å². The van der Waals surface area contributed by atoms with Crippen molar-refractivity contribution < 1.29 is 34.2 Å². The highest BCUT2D eigenvalue weighted by atomic mass is 32.2. The number of carbonyl (C=O) groups excluding carboxylic acids is 3. The number of carboxylic acids is 2. The molecule has 0 fully saturated rings. The molecule has 3 atom stereocenters. The number of thioether (sulfide) groups is 1. The summed E-state index contributed by atoms with van der Waals surface area (Å²) in [5.41, 5.74) is 5.63. The number of amides is 3. The molecule has 3 unspecified atom stereocenters. The van der Waals surface area contributed by atoms with Crippen molar-refractivity contribution in [3.63, 3.8) is 0 Å². The number of nitrogens with two attached hydrogens (primary N) is 1. The predicted octanol–water partition coefficient (Wildman–Crippen LogP) is -1.88. The van der Waals surface area contributed by atoms with Crippen LogP contribution in [0.1, 0.15) is 26.2 Å². The molecule has 0 aliphatic carbocycles. The minimum Gasteiger partial charge on any atom is -0.481 e. The van der Waals surface area contributed by atoms with Crippen molar-refractivity contribution in [2.75, 3.05) is 18.6 Å². The highest BCUT2D eigenvalue weighted by Crippen LogP contribution is 2.03. The fraction of sp³-hybridized carbons (Fsp3) is 0.667. The van der Waals surface area contributed by atoms with Crippen molar-refractivity contribution in [3.05, 3.63) is 0 Å². The Morgan fingerprint density at radius 1 is 0.963 bits per heavy atom. The summed E-state index contributed by atoms with van der Waals surface area (Å²) in [6.07, 6.45) is 1.73. The molecule has 0 aromatic rings. The third-order valence-electron chi connectivity index (χ3n) is 3.42. The highest BCUT2D eigenvalue weighted by Gasteiger charge is 2.26. The van der Waals surface area contributed by atoms with Crippen molar-refractivity contribution >= 4 is 41.4 Å². The molecule has 0 aliphatic rings. The Bertz CT molecular complexity index is 558. The molecule has 0 rings (SSSR count). The summed E-state index contributed by atoms with van der Waals surface area (Å²) in [5.74, 6) is -3.74. The molecule has 12 heteroatoms. The first-order valence-electron chi connectivity index (χ1n) is 8.15. The molecular weight excluding hydrogens is 380 g/mol. The van der Waals surface area contributed by atoms with Gasteiger partial charge < -0.3 is 31.9 Å². The van der Waals surface area contributed by atoms with Gasteiger partial charge >= 0.3 is 11.9 Å². The van der Waals surface area contributed by atoms with E-state index in [0.717, 1.165) is 0 Å². The third kappa shape index (κ3) is 11.1. The van der Waals surface area contributed by atoms with Gasteiger partial charge in [-0.2, -0.15) is 11.8 Å². The zero-order valence-corrected chi connectivity index (χ0v) is 16.0. The second-order valence-electron chi connectivity index (χ2n) is 5.72. The maximum Gasteiger partial charge on any atom is 0.322 e. The molecule has 3 amide bonds. The molecule has 27 heavy (non-hydrogen) atoms. The first-order valence-corrected chi connectivity index (χ1v) is 9.54. The fourth-order valence-corrected chi connectivity index (χ4v) is 2.36. The number of carboxylic acid groups (broad SMARTS) is 2. The van der Waals surface area contributed by atoms with Crippen LogP contribution in [-0.4, -0.2) is 76.6 Å². The summed E-state index contributed by atoms with van der Waals surface area (Å²) in [5, 5.41) is 24.2. The van der Waals surface area contributed by atoms with Crippen molar-refractivity contribution in [1.82, 2.24) is 16.0 Å². The first kappa shape index (κ1) is 24.7. The molecule has 0 saturated carbocycles. The van der Waals surface area contributed by atoms with E-state index in [2.05, 4.69) is 16.0 Å². The van der Waals surface area contributed by atoms with E-state index in [1.807, 2.05) is 6.26 Å². The Hall–Kier alpha value is -2.34. The van der Waals surface area contributed by atoms with Crippen molar-refractivity contribution in [1.29, 1.82) is 0 Å². The molecule has 7 N–H and O–H groups in total. The van der Waals surface area contributed by atoms with Crippen LogP contribution in [0, 0.1) is 0 Å². The van der Waals surface area contributed by atoms with E-state index in [-0.39, 0.29) is 19.3 Å². The molecule has 0 saturated heterocycles. The Balaban J connectivity index is 4.78. The van der Waals surface area contributed by atoms with Crippen LogP contribution in [0.15, 0.2) is 0 Å². The number of hydrogen-bond donors (Lipinski definition) is 6. The van der Waals surface area contributed by atoms with Crippen molar-refractivity contribution in [2.24, 2.45) is 5.73 Å². The predicted molar refractivity (Wildman–Crippen MR) is 98.0 cm³/mol. The van der Waals surface area contributed by atoms with Gasteiger partial charge in [-0.05, 0) is 31.8 Å². The minimum atomic E-state index is -1.22. The van der Waals surface area contributed by atoms with Gasteiger partial charge in [0.05, 0.1) is 6.04 Å². The van der Waals surface area contributed by atoms with Gasteiger partial charge in [-0.15, -0.1) is 0 Å². The maximum atomic E-state index is 12.4. The van der Waals surface area contributed by atoms with Gasteiger partial charge in [-0.3, -0.25) is 24.0 Å². The lowest BCUT2D eigenvalue weighted by molar-refractivity contribution is -0.139. The van der Waals surface area contributed by atoms with E-state index in [4.69, 9.17) is 15.9 Å². The quantitative estimate of drug-likeness (QED) is 0.203. The van der Waals surface area contributed by atoms with E-state index in [1.165, 1.54) is 18.7 Å². The lowest BCUT2D eigenvalue weighted by atomic mass is 10.1. The third-order valence-corrected chi connectivity index (χ3v) is 4.06. The van der Waals surface area contributed by atoms with Crippen molar-refractivity contribution in [3.8, 4) is 0 Å². The summed E-state index contributed by atoms with van der Waals surface area (Å²) in [6, 6.07) is -3.05. The zero-order valence-electron chi connectivity index (χ0n) is 15.2. The Morgan fingerprint density at radius 2 is 1.59 bits per heavy atom. The number of carbonyl (C=O) groups is 5. The largest absolute Gasteiger partial charge is 0.481 e. The van der Waals surface area contributed by atoms with Crippen LogP contribution in [0.25, 0.3) is 0 Å². The van der Waals surface area contributed by atoms with E-state index < -0.39 is 54.3 Å². The average Bonchev–Trinajstić information content (AvgIpc) is 2.60. The van der Waals surface area contributed by atoms with Gasteiger partial charge in [0.15, 0.2) is 0 Å². The summed E-state index contributed by atoms with van der Waals surface area (Å²) in [6.45, 7) is 0.797. The molecule has 0 aliphatic heterocycles. The summed E-state index contributed by atoms with van der Waals surface area (Å²) in [4.78, 5) is 57.2. The molecule has 0 aromatic heterocycles. The lowest BCUT2D eigenvalue weighted by Gasteiger charge is -2.22. The van der Waals surface area contributed by atoms with Crippen molar-refractivity contribution in [2.45, 2.75) is 44.3 Å². The van der Waals surface area contributed by atoms with Gasteiger partial charge in [0, 0.05) is 6.42 Å². The Labute approximate surface area is 160 Å². The maximum absolute atomic E-state index is 12.4. The average molecular weight is 406 g/mol. The van der Waals surface area contributed by atoms with Gasteiger partial charge in [-0.1, -0.05) is 0 Å². The molecule has 0 bridgehead atoms. The molecule has 0 radical (unpaired) electrons. The molecule has 0 spiro atoms. The Morgan fingerprint density at radius 3 is 2.11 bits per heavy atom. The minimum absolute atomic E-state index is 0.0774. The fourth-order valence-electron chi connectivity index (χ4n) is 1.89. The second-order valence-corrected chi connectivity index (χ2v) is 6.71. The number of nitrogens with one attached hydrogen (secondary N) is 3. The standard InChI is InChI=1S/C15H26N4O7S/c1-8(13(24)17-7-12(22)23)18-15(26)10(5-6-27-2)19-14(25)9(16)3-4-11(20)21/h8-10H,3-7,16H2,1-2H3,(H,17,24)(H,18,26)(H,19,25)(H,20,21)(H,22,23). The molecular formula is C15H26N4O7S. The van der Waals surface area contributed by atoms with Gasteiger partial charge in [0.1, 0.15) is 18.6 Å². The van der Waals surface area contributed by atoms with Gasteiger partial charge in [0.2, 0.25) is 17.7 Å². The second kappa shape index (κ2) is 12.9. The van der Waals surface area contributed by atoms with Crippen LogP contribution < -0.4 is 21.7 Å². The van der Waals surface area contributed by atoms with Crippen LogP contribution in [-0.2, 0) is 24.0 Å². The van der Waals surface area contributed by atoms with Crippen LogP contribution >= 0.6 is 11.8 Å². The SMILES string of the molecule is CSCCC(NC(=O)C(N)CCC(=O)O)C(=O)NC(C)C(=O)NCC(=O)O. The molecule has 0 aromatic carbocycles. The number of rotatable bonds is 13. The highest BCUT2D eigenvalue weighted by molar-refractivity contribution is 7.98. The van der Waals surface area contributed by atoms with Crippen LogP contribution in [0.3, 0.4) is 0 Å². The molecule has 154 valence electrons. The normalized spacial score (nSPS) is 13.7. The van der Waals surface area contributed by atoms with E-state index in [0.29, 0.717) is 5.75 Å². The van der Waals surface area contributed by atoms with Crippen LogP contribution in [0.5, 0.6) is 0 Å². The number of hydrogen-bond acceptors (Lipinski definition) is 7. The van der Waals surface area contributed by atoms with Crippen LogP contribution in [0.2, 0.25) is 0 Å². The number of aliphatic carboxylic acids is 2. The summed E-state index contributed by atoms with van der Waals surface area (Å²) >= 11 is 1.45. The smallest absolute Gasteiger partial charge is 0.322 e. The monoisotopic (exact) mass is 406 g/mol. The van der Waals surface area contributed by atoms with E-state index >= 15 is 0 Å².